The maximum atomic E-state index is 12.2. The van der Waals surface area contributed by atoms with E-state index in [-0.39, 0.29) is 5.97 Å². The van der Waals surface area contributed by atoms with E-state index in [0.717, 1.165) is 18.6 Å². The third kappa shape index (κ3) is 3.12. The molecule has 1 aromatic rings. The summed E-state index contributed by atoms with van der Waals surface area (Å²) in [5.41, 5.74) is 0.472. The van der Waals surface area contributed by atoms with Crippen molar-refractivity contribution < 1.29 is 14.3 Å². The van der Waals surface area contributed by atoms with Crippen LogP contribution in [-0.2, 0) is 9.53 Å². The lowest BCUT2D eigenvalue weighted by Gasteiger charge is -2.31. The Morgan fingerprint density at radius 3 is 2.50 bits per heavy atom. The van der Waals surface area contributed by atoms with Gasteiger partial charge in [0.15, 0.2) is 5.54 Å². The number of hydrogen-bond acceptors (Lipinski definition) is 4. The molecule has 1 aliphatic rings. The fourth-order valence-corrected chi connectivity index (χ4v) is 2.52. The number of likely N-dealkylation sites (N-methyl/N-ethyl adjacent to an activating group) is 1. The molecule has 20 heavy (non-hydrogen) atoms. The van der Waals surface area contributed by atoms with Gasteiger partial charge in [0.05, 0.1) is 7.11 Å². The van der Waals surface area contributed by atoms with Crippen molar-refractivity contribution in [1.29, 1.82) is 0 Å². The van der Waals surface area contributed by atoms with Gasteiger partial charge in [-0.15, -0.1) is 0 Å². The lowest BCUT2D eigenvalue weighted by Crippen LogP contribution is -2.58. The number of aryl methyl sites for hydroxylation is 1. The van der Waals surface area contributed by atoms with Crippen LogP contribution < -0.4 is 10.1 Å². The minimum Gasteiger partial charge on any atom is -0.491 e. The lowest BCUT2D eigenvalue weighted by atomic mass is 9.94. The first-order chi connectivity index (χ1) is 9.62. The summed E-state index contributed by atoms with van der Waals surface area (Å²) in [4.78, 5) is 12.2. The Labute approximate surface area is 120 Å². The maximum Gasteiger partial charge on any atom is 0.329 e. The molecule has 0 bridgehead atoms. The molecule has 0 heterocycles. The Kier molecular flexibility index (Phi) is 4.65. The van der Waals surface area contributed by atoms with Crippen molar-refractivity contribution in [1.82, 2.24) is 5.32 Å². The summed E-state index contributed by atoms with van der Waals surface area (Å²) in [5, 5.41) is 3.29. The van der Waals surface area contributed by atoms with Crippen LogP contribution >= 0.6 is 0 Å². The van der Waals surface area contributed by atoms with E-state index in [4.69, 9.17) is 9.47 Å². The normalized spacial score (nSPS) is 17.4. The number of carbonyl (C=O) groups is 1. The SMILES string of the molecule is CCNC(COc1ccc(C)cc1)(C(=O)OC)C1CC1. The Morgan fingerprint density at radius 2 is 2.00 bits per heavy atom. The summed E-state index contributed by atoms with van der Waals surface area (Å²) in [6, 6.07) is 7.85. The second-order valence-corrected chi connectivity index (χ2v) is 5.37. The Bertz CT molecular complexity index is 453. The van der Waals surface area contributed by atoms with Crippen LogP contribution in [0.2, 0.25) is 0 Å². The van der Waals surface area contributed by atoms with Crippen LogP contribution in [0.15, 0.2) is 24.3 Å². The Hall–Kier alpha value is -1.55. The summed E-state index contributed by atoms with van der Waals surface area (Å²) in [6.07, 6.45) is 2.08. The van der Waals surface area contributed by atoms with Crippen LogP contribution in [0, 0.1) is 12.8 Å². The molecule has 1 aromatic carbocycles. The van der Waals surface area contributed by atoms with Crippen molar-refractivity contribution in [2.24, 2.45) is 5.92 Å². The molecule has 1 saturated carbocycles. The van der Waals surface area contributed by atoms with Gasteiger partial charge >= 0.3 is 5.97 Å². The van der Waals surface area contributed by atoms with Crippen LogP contribution in [0.25, 0.3) is 0 Å². The summed E-state index contributed by atoms with van der Waals surface area (Å²) >= 11 is 0. The van der Waals surface area contributed by atoms with Crippen LogP contribution in [-0.4, -0.2) is 31.8 Å². The van der Waals surface area contributed by atoms with Crippen LogP contribution in [0.4, 0.5) is 0 Å². The van der Waals surface area contributed by atoms with E-state index >= 15 is 0 Å². The van der Waals surface area contributed by atoms with Gasteiger partial charge in [-0.05, 0) is 44.4 Å². The van der Waals surface area contributed by atoms with Gasteiger partial charge in [0.2, 0.25) is 0 Å². The fourth-order valence-electron chi connectivity index (χ4n) is 2.52. The molecule has 110 valence electrons. The van der Waals surface area contributed by atoms with Crippen molar-refractivity contribution >= 4 is 5.97 Å². The maximum absolute atomic E-state index is 12.2. The van der Waals surface area contributed by atoms with Crippen molar-refractivity contribution in [3.63, 3.8) is 0 Å². The number of rotatable bonds is 7. The molecule has 0 radical (unpaired) electrons. The molecule has 1 atom stereocenters. The van der Waals surface area contributed by atoms with E-state index in [1.54, 1.807) is 0 Å². The zero-order chi connectivity index (χ0) is 14.6. The number of carbonyl (C=O) groups excluding carboxylic acids is 1. The monoisotopic (exact) mass is 277 g/mol. The molecular formula is C16H23NO3. The number of benzene rings is 1. The first-order valence-corrected chi connectivity index (χ1v) is 7.15. The standard InChI is InChI=1S/C16H23NO3/c1-4-17-16(13-7-8-13,15(18)19-3)11-20-14-9-5-12(2)6-10-14/h5-6,9-10,13,17H,4,7-8,11H2,1-3H3. The van der Waals surface area contributed by atoms with E-state index in [2.05, 4.69) is 5.32 Å². The molecule has 1 unspecified atom stereocenters. The minimum absolute atomic E-state index is 0.228. The highest BCUT2D eigenvalue weighted by Crippen LogP contribution is 2.40. The van der Waals surface area contributed by atoms with Crippen molar-refractivity contribution in [3.05, 3.63) is 29.8 Å². The lowest BCUT2D eigenvalue weighted by molar-refractivity contribution is -0.151. The second-order valence-electron chi connectivity index (χ2n) is 5.37. The number of hydrogen-bond donors (Lipinski definition) is 1. The minimum atomic E-state index is -0.714. The highest BCUT2D eigenvalue weighted by Gasteiger charge is 2.52. The number of ether oxygens (including phenoxy) is 2. The molecule has 4 nitrogen and oxygen atoms in total. The molecule has 1 N–H and O–H groups in total. The molecule has 1 fully saturated rings. The van der Waals surface area contributed by atoms with E-state index in [9.17, 15) is 4.79 Å². The van der Waals surface area contributed by atoms with Crippen LogP contribution in [0.1, 0.15) is 25.3 Å². The Morgan fingerprint density at radius 1 is 1.35 bits per heavy atom. The third-order valence-electron chi connectivity index (χ3n) is 3.80. The average Bonchev–Trinajstić information content (AvgIpc) is 3.29. The van der Waals surface area contributed by atoms with Gasteiger partial charge in [-0.1, -0.05) is 24.6 Å². The molecule has 0 saturated heterocycles. The fraction of sp³-hybridized carbons (Fsp3) is 0.562. The van der Waals surface area contributed by atoms with Gasteiger partial charge in [-0.25, -0.2) is 4.79 Å². The number of nitrogens with one attached hydrogen (secondary N) is 1. The van der Waals surface area contributed by atoms with Crippen LogP contribution in [0.5, 0.6) is 5.75 Å². The molecular weight excluding hydrogens is 254 g/mol. The summed E-state index contributed by atoms with van der Waals surface area (Å²) in [5.74, 6) is 0.858. The number of esters is 1. The van der Waals surface area contributed by atoms with Crippen molar-refractivity contribution in [2.75, 3.05) is 20.3 Å². The zero-order valence-electron chi connectivity index (χ0n) is 12.4. The quantitative estimate of drug-likeness (QED) is 0.777. The summed E-state index contributed by atoms with van der Waals surface area (Å²) < 4.78 is 10.8. The second kappa shape index (κ2) is 6.27. The van der Waals surface area contributed by atoms with Gasteiger partial charge in [0.1, 0.15) is 12.4 Å². The molecule has 0 spiro atoms. The first kappa shape index (κ1) is 14.9. The number of methoxy groups -OCH3 is 1. The molecule has 0 amide bonds. The molecule has 1 aliphatic carbocycles. The first-order valence-electron chi connectivity index (χ1n) is 7.15. The molecule has 0 aliphatic heterocycles. The van der Waals surface area contributed by atoms with Gasteiger partial charge in [-0.2, -0.15) is 0 Å². The molecule has 2 rings (SSSR count). The Balaban J connectivity index is 2.10. The third-order valence-corrected chi connectivity index (χ3v) is 3.80. The predicted molar refractivity (Wildman–Crippen MR) is 77.8 cm³/mol. The highest BCUT2D eigenvalue weighted by molar-refractivity contribution is 5.82. The molecule has 4 heteroatoms. The van der Waals surface area contributed by atoms with E-state index < -0.39 is 5.54 Å². The molecule has 0 aromatic heterocycles. The topological polar surface area (TPSA) is 47.6 Å². The van der Waals surface area contributed by atoms with Gasteiger partial charge in [0, 0.05) is 0 Å². The van der Waals surface area contributed by atoms with Crippen molar-refractivity contribution in [3.8, 4) is 5.75 Å². The highest BCUT2D eigenvalue weighted by atomic mass is 16.5. The van der Waals surface area contributed by atoms with Gasteiger partial charge in [0.25, 0.3) is 0 Å². The largest absolute Gasteiger partial charge is 0.491 e. The zero-order valence-corrected chi connectivity index (χ0v) is 12.4. The van der Waals surface area contributed by atoms with Crippen LogP contribution in [0.3, 0.4) is 0 Å². The summed E-state index contributed by atoms with van der Waals surface area (Å²) in [7, 11) is 1.43. The van der Waals surface area contributed by atoms with Gasteiger partial charge in [-0.3, -0.25) is 5.32 Å². The van der Waals surface area contributed by atoms with Crippen molar-refractivity contribution in [2.45, 2.75) is 32.2 Å². The predicted octanol–water partition coefficient (Wildman–Crippen LogP) is 2.31. The van der Waals surface area contributed by atoms with E-state index in [1.807, 2.05) is 38.1 Å². The van der Waals surface area contributed by atoms with Gasteiger partial charge < -0.3 is 9.47 Å². The summed E-state index contributed by atoms with van der Waals surface area (Å²) in [6.45, 7) is 5.04. The average molecular weight is 277 g/mol. The van der Waals surface area contributed by atoms with E-state index in [1.165, 1.54) is 12.7 Å². The smallest absolute Gasteiger partial charge is 0.329 e. The van der Waals surface area contributed by atoms with E-state index in [0.29, 0.717) is 19.1 Å².